The van der Waals surface area contributed by atoms with Crippen molar-refractivity contribution in [1.29, 1.82) is 0 Å². The Morgan fingerprint density at radius 1 is 0.875 bits per heavy atom. The zero-order chi connectivity index (χ0) is 11.4. The molecule has 0 unspecified atom stereocenters. The molecule has 2 heterocycles. The van der Waals surface area contributed by atoms with Crippen LogP contribution in [0.2, 0.25) is 0 Å². The number of hydrogen-bond acceptors (Lipinski definition) is 4. The monoisotopic (exact) mass is 220 g/mol. The number of nitrogens with zero attached hydrogens (tertiary/aromatic N) is 2. The van der Waals surface area contributed by atoms with Gasteiger partial charge in [0.15, 0.2) is 0 Å². The third kappa shape index (κ3) is 0.955. The Morgan fingerprint density at radius 2 is 1.31 bits per heavy atom. The highest BCUT2D eigenvalue weighted by molar-refractivity contribution is 5.94. The van der Waals surface area contributed by atoms with Crippen LogP contribution in [-0.4, -0.2) is 0 Å². The first-order valence-electron chi connectivity index (χ1n) is 4.74. The fourth-order valence-corrected chi connectivity index (χ4v) is 1.79. The smallest absolute Gasteiger partial charge is 0.250 e. The van der Waals surface area contributed by atoms with Crippen LogP contribution in [0.25, 0.3) is 21.9 Å². The maximum atomic E-state index is 11.2. The molecule has 3 rings (SSSR count). The molecule has 0 aliphatic rings. The van der Waals surface area contributed by atoms with Gasteiger partial charge in [0, 0.05) is 23.7 Å². The molecule has 0 saturated carbocycles. The van der Waals surface area contributed by atoms with Crippen LogP contribution in [0.5, 0.6) is 0 Å². The standard InChI is InChI=1S/C10H8N2O4/c1-5-7-3-8-6(2)12(14)16-10(8)4-9(7)15-11(5)13/h3-4H,1-2H3. The molecule has 6 nitrogen and oxygen atoms in total. The van der Waals surface area contributed by atoms with Crippen LogP contribution in [0.4, 0.5) is 0 Å². The Morgan fingerprint density at radius 3 is 1.75 bits per heavy atom. The van der Waals surface area contributed by atoms with Crippen LogP contribution in [0.15, 0.2) is 21.2 Å². The van der Waals surface area contributed by atoms with Crippen LogP contribution in [-0.2, 0) is 0 Å². The predicted octanol–water partition coefficient (Wildman–Crippen LogP) is 1.06. The number of aromatic nitrogens is 2. The van der Waals surface area contributed by atoms with Crippen molar-refractivity contribution in [2.45, 2.75) is 13.8 Å². The van der Waals surface area contributed by atoms with Crippen LogP contribution < -0.4 is 9.81 Å². The molecule has 0 aliphatic carbocycles. The van der Waals surface area contributed by atoms with Crippen molar-refractivity contribution in [1.82, 2.24) is 0 Å². The molecule has 0 aliphatic heterocycles. The first-order valence-corrected chi connectivity index (χ1v) is 4.74. The summed E-state index contributed by atoms with van der Waals surface area (Å²) in [6.45, 7) is 3.32. The summed E-state index contributed by atoms with van der Waals surface area (Å²) in [5, 5.41) is 23.9. The molecular formula is C10H8N2O4. The van der Waals surface area contributed by atoms with Gasteiger partial charge >= 0.3 is 0 Å². The summed E-state index contributed by atoms with van der Waals surface area (Å²) < 4.78 is 9.89. The van der Waals surface area contributed by atoms with E-state index in [1.807, 2.05) is 0 Å². The number of rotatable bonds is 0. The average molecular weight is 220 g/mol. The molecule has 2 aromatic heterocycles. The van der Waals surface area contributed by atoms with E-state index >= 15 is 0 Å². The topological polar surface area (TPSA) is 80.2 Å². The summed E-state index contributed by atoms with van der Waals surface area (Å²) in [6.07, 6.45) is 0. The van der Waals surface area contributed by atoms with E-state index < -0.39 is 0 Å². The second kappa shape index (κ2) is 2.66. The van der Waals surface area contributed by atoms with Crippen molar-refractivity contribution in [3.63, 3.8) is 0 Å². The Labute approximate surface area is 89.4 Å². The average Bonchev–Trinajstić information content (AvgIpc) is 2.66. The molecule has 6 heteroatoms. The van der Waals surface area contributed by atoms with Gasteiger partial charge in [-0.15, -0.1) is 0 Å². The maximum Gasteiger partial charge on any atom is 0.250 e. The lowest BCUT2D eigenvalue weighted by Crippen LogP contribution is -2.25. The van der Waals surface area contributed by atoms with Gasteiger partial charge in [0.2, 0.25) is 0 Å². The molecular weight excluding hydrogens is 212 g/mol. The van der Waals surface area contributed by atoms with Gasteiger partial charge in [-0.2, -0.15) is 0 Å². The van der Waals surface area contributed by atoms with E-state index in [2.05, 4.69) is 0 Å². The van der Waals surface area contributed by atoms with Crippen LogP contribution in [0, 0.1) is 24.3 Å². The minimum absolute atomic E-state index is 0.411. The molecule has 1 aromatic carbocycles. The summed E-state index contributed by atoms with van der Waals surface area (Å²) in [7, 11) is 0. The molecule has 0 amide bonds. The van der Waals surface area contributed by atoms with Gasteiger partial charge in [0.1, 0.15) is 0 Å². The summed E-state index contributed by atoms with van der Waals surface area (Å²) >= 11 is 0. The van der Waals surface area contributed by atoms with E-state index in [0.29, 0.717) is 43.1 Å². The fourth-order valence-electron chi connectivity index (χ4n) is 1.79. The first-order chi connectivity index (χ1) is 7.58. The highest BCUT2D eigenvalue weighted by Gasteiger charge is 2.17. The predicted molar refractivity (Wildman–Crippen MR) is 53.4 cm³/mol. The largest absolute Gasteiger partial charge is 0.366 e. The van der Waals surface area contributed by atoms with Crippen molar-refractivity contribution in [2.24, 2.45) is 0 Å². The second-order valence-electron chi connectivity index (χ2n) is 3.71. The van der Waals surface area contributed by atoms with Crippen LogP contribution >= 0.6 is 0 Å². The third-order valence-electron chi connectivity index (χ3n) is 2.77. The Hall–Kier alpha value is -2.24. The summed E-state index contributed by atoms with van der Waals surface area (Å²) in [5.41, 5.74) is 1.76. The number of fused-ring (bicyclic) bond motifs is 2. The van der Waals surface area contributed by atoms with E-state index in [1.165, 1.54) is 0 Å². The Balaban J connectivity index is 2.53. The van der Waals surface area contributed by atoms with E-state index in [9.17, 15) is 10.4 Å². The lowest BCUT2D eigenvalue weighted by Gasteiger charge is -1.88. The highest BCUT2D eigenvalue weighted by Crippen LogP contribution is 2.25. The molecule has 0 bridgehead atoms. The number of aryl methyl sites for hydroxylation is 2. The zero-order valence-electron chi connectivity index (χ0n) is 8.68. The molecule has 16 heavy (non-hydrogen) atoms. The third-order valence-corrected chi connectivity index (χ3v) is 2.77. The van der Waals surface area contributed by atoms with Crippen LogP contribution in [0.3, 0.4) is 0 Å². The molecule has 0 saturated heterocycles. The minimum atomic E-state index is 0.411. The molecule has 0 N–H and O–H groups in total. The second-order valence-corrected chi connectivity index (χ2v) is 3.71. The first kappa shape index (κ1) is 9.02. The van der Waals surface area contributed by atoms with Gasteiger partial charge < -0.3 is 9.05 Å². The van der Waals surface area contributed by atoms with Crippen molar-refractivity contribution >= 4 is 21.9 Å². The summed E-state index contributed by atoms with van der Waals surface area (Å²) in [6, 6.07) is 3.28. The summed E-state index contributed by atoms with van der Waals surface area (Å²) in [5.74, 6) is 0. The van der Waals surface area contributed by atoms with Gasteiger partial charge in [-0.1, -0.05) is 0 Å². The SMILES string of the molecule is Cc1c2cc3c(C)[n+]([O-])oc3cc2o[n+]1[O-]. The quantitative estimate of drug-likeness (QED) is 0.530. The van der Waals surface area contributed by atoms with Gasteiger partial charge in [-0.05, 0) is 12.1 Å². The van der Waals surface area contributed by atoms with Gasteiger partial charge in [0.05, 0.1) is 21.9 Å². The molecule has 3 aromatic rings. The van der Waals surface area contributed by atoms with Gasteiger partial charge in [0.25, 0.3) is 11.4 Å². The van der Waals surface area contributed by atoms with E-state index in [1.54, 1.807) is 26.0 Å². The molecule has 0 spiro atoms. The Kier molecular flexibility index (Phi) is 1.50. The van der Waals surface area contributed by atoms with E-state index in [-0.39, 0.29) is 0 Å². The molecule has 0 radical (unpaired) electrons. The number of hydrogen-bond donors (Lipinski definition) is 0. The molecule has 0 atom stereocenters. The lowest BCUT2D eigenvalue weighted by atomic mass is 10.1. The summed E-state index contributed by atoms with van der Waals surface area (Å²) in [4.78, 5) is 0.897. The lowest BCUT2D eigenvalue weighted by molar-refractivity contribution is -0.793. The van der Waals surface area contributed by atoms with Crippen molar-refractivity contribution in [3.05, 3.63) is 33.9 Å². The highest BCUT2D eigenvalue weighted by atomic mass is 16.7. The normalized spacial score (nSPS) is 11.6. The van der Waals surface area contributed by atoms with E-state index in [4.69, 9.17) is 9.05 Å². The fraction of sp³-hybridized carbons (Fsp3) is 0.200. The molecule has 82 valence electrons. The maximum absolute atomic E-state index is 11.2. The van der Waals surface area contributed by atoms with Gasteiger partial charge in [-0.25, -0.2) is 0 Å². The Bertz CT molecular complexity index is 653. The van der Waals surface area contributed by atoms with Crippen molar-refractivity contribution in [2.75, 3.05) is 0 Å². The van der Waals surface area contributed by atoms with Crippen LogP contribution in [0.1, 0.15) is 11.4 Å². The van der Waals surface area contributed by atoms with E-state index in [0.717, 1.165) is 0 Å². The van der Waals surface area contributed by atoms with Crippen molar-refractivity contribution in [3.8, 4) is 0 Å². The minimum Gasteiger partial charge on any atom is -0.366 e. The zero-order valence-corrected chi connectivity index (χ0v) is 8.68. The van der Waals surface area contributed by atoms with Crippen molar-refractivity contribution < 1.29 is 18.9 Å². The molecule has 0 fully saturated rings. The van der Waals surface area contributed by atoms with Gasteiger partial charge in [-0.3, -0.25) is 10.4 Å². The number of benzene rings is 1.